The van der Waals surface area contributed by atoms with Gasteiger partial charge in [0.05, 0.1) is 5.56 Å². The Morgan fingerprint density at radius 2 is 1.81 bits per heavy atom. The minimum atomic E-state index is -1.83. The first-order valence-electron chi connectivity index (χ1n) is 3.81. The molecule has 0 unspecified atom stereocenters. The second-order valence-electron chi connectivity index (χ2n) is 2.70. The molecule has 5 nitrogen and oxygen atoms in total. The molecule has 3 amide bonds. The summed E-state index contributed by atoms with van der Waals surface area (Å²) in [5, 5.41) is 10.2. The summed E-state index contributed by atoms with van der Waals surface area (Å²) in [7, 11) is 0. The molecule has 0 atom stereocenters. The molecule has 0 radical (unpaired) electrons. The molecule has 8 heteroatoms. The molecule has 0 aliphatic carbocycles. The minimum absolute atomic E-state index is 0.197. The fraction of sp³-hybridized carbons (Fsp3) is 0. The van der Waals surface area contributed by atoms with Gasteiger partial charge in [0.25, 0.3) is 5.91 Å². The van der Waals surface area contributed by atoms with Crippen LogP contribution in [0.2, 0.25) is 0 Å². The lowest BCUT2D eigenvalue weighted by Gasteiger charge is -2.05. The van der Waals surface area contributed by atoms with E-state index in [0.29, 0.717) is 0 Å². The predicted molar refractivity (Wildman–Crippen MR) is 45.0 cm³/mol. The molecule has 16 heavy (non-hydrogen) atoms. The topological polar surface area (TPSA) is 92.4 Å². The lowest BCUT2D eigenvalue weighted by molar-refractivity contribution is 0.0960. The Morgan fingerprint density at radius 1 is 1.25 bits per heavy atom. The molecular weight excluding hydrogens is 229 g/mol. The molecule has 4 N–H and O–H groups in total. The van der Waals surface area contributed by atoms with E-state index in [1.165, 1.54) is 5.32 Å². The first-order chi connectivity index (χ1) is 7.34. The molecule has 0 saturated heterocycles. The summed E-state index contributed by atoms with van der Waals surface area (Å²) in [5.74, 6) is -8.17. The Bertz CT molecular complexity index is 476. The van der Waals surface area contributed by atoms with Crippen LogP contribution in [0.5, 0.6) is 5.75 Å². The first-order valence-corrected chi connectivity index (χ1v) is 3.81. The fourth-order valence-electron chi connectivity index (χ4n) is 0.935. The lowest BCUT2D eigenvalue weighted by Crippen LogP contribution is -2.35. The van der Waals surface area contributed by atoms with Crippen LogP contribution in [0.15, 0.2) is 6.07 Å². The zero-order chi connectivity index (χ0) is 12.5. The van der Waals surface area contributed by atoms with Crippen molar-refractivity contribution in [1.82, 2.24) is 5.32 Å². The number of amides is 3. The second kappa shape index (κ2) is 4.09. The molecule has 0 aliphatic rings. The minimum Gasteiger partial charge on any atom is -0.503 e. The Balaban J connectivity index is 3.25. The zero-order valence-corrected chi connectivity index (χ0v) is 7.55. The zero-order valence-electron chi connectivity index (χ0n) is 7.55. The maximum atomic E-state index is 13.1. The highest BCUT2D eigenvalue weighted by Gasteiger charge is 2.22. The number of carbonyl (C=O) groups excluding carboxylic acids is 2. The van der Waals surface area contributed by atoms with Gasteiger partial charge in [0.15, 0.2) is 17.4 Å². The van der Waals surface area contributed by atoms with Crippen LogP contribution in [0.4, 0.5) is 18.0 Å². The number of carbonyl (C=O) groups is 2. The van der Waals surface area contributed by atoms with E-state index in [4.69, 9.17) is 5.11 Å². The fourth-order valence-corrected chi connectivity index (χ4v) is 0.935. The van der Waals surface area contributed by atoms with E-state index in [1.54, 1.807) is 0 Å². The van der Waals surface area contributed by atoms with Crippen molar-refractivity contribution in [3.05, 3.63) is 29.1 Å². The highest BCUT2D eigenvalue weighted by Crippen LogP contribution is 2.25. The predicted octanol–water partition coefficient (Wildman–Crippen LogP) is 0.618. The summed E-state index contributed by atoms with van der Waals surface area (Å²) >= 11 is 0. The molecule has 0 fully saturated rings. The average Bonchev–Trinajstić information content (AvgIpc) is 2.19. The van der Waals surface area contributed by atoms with Gasteiger partial charge < -0.3 is 10.8 Å². The molecule has 0 aromatic heterocycles. The van der Waals surface area contributed by atoms with Gasteiger partial charge >= 0.3 is 6.03 Å². The van der Waals surface area contributed by atoms with E-state index in [2.05, 4.69) is 5.73 Å². The highest BCUT2D eigenvalue weighted by molar-refractivity contribution is 6.04. The van der Waals surface area contributed by atoms with Crippen LogP contribution in [0.3, 0.4) is 0 Å². The van der Waals surface area contributed by atoms with E-state index in [0.717, 1.165) is 0 Å². The van der Waals surface area contributed by atoms with Gasteiger partial charge in [-0.1, -0.05) is 0 Å². The van der Waals surface area contributed by atoms with Crippen molar-refractivity contribution in [2.75, 3.05) is 0 Å². The van der Waals surface area contributed by atoms with Crippen molar-refractivity contribution < 1.29 is 27.9 Å². The largest absolute Gasteiger partial charge is 0.503 e. The van der Waals surface area contributed by atoms with Gasteiger partial charge in [0, 0.05) is 0 Å². The second-order valence-corrected chi connectivity index (χ2v) is 2.70. The van der Waals surface area contributed by atoms with Crippen LogP contribution in [0.1, 0.15) is 10.4 Å². The first kappa shape index (κ1) is 11.8. The smallest absolute Gasteiger partial charge is 0.319 e. The van der Waals surface area contributed by atoms with Crippen molar-refractivity contribution in [2.45, 2.75) is 0 Å². The number of hydrogen-bond acceptors (Lipinski definition) is 3. The molecule has 0 saturated carbocycles. The molecule has 86 valence electrons. The third-order valence-electron chi connectivity index (χ3n) is 1.61. The number of urea groups is 1. The standard InChI is InChI=1S/C8H5F3N2O3/c9-3-1-2(7(15)13-8(12)16)4(10)6(14)5(3)11/h1,14H,(H3,12,13,15,16). The van der Waals surface area contributed by atoms with Gasteiger partial charge in [0.2, 0.25) is 5.82 Å². The van der Waals surface area contributed by atoms with Gasteiger partial charge in [0.1, 0.15) is 0 Å². The molecular formula is C8H5F3N2O3. The number of imide groups is 1. The van der Waals surface area contributed by atoms with Gasteiger partial charge in [-0.2, -0.15) is 4.39 Å². The van der Waals surface area contributed by atoms with Crippen molar-refractivity contribution in [3.8, 4) is 5.75 Å². The molecule has 1 aromatic carbocycles. The maximum absolute atomic E-state index is 13.1. The molecule has 0 spiro atoms. The average molecular weight is 234 g/mol. The Labute approximate surface area is 86.7 Å². The van der Waals surface area contributed by atoms with Crippen molar-refractivity contribution in [3.63, 3.8) is 0 Å². The van der Waals surface area contributed by atoms with Gasteiger partial charge in [-0.05, 0) is 6.07 Å². The quantitative estimate of drug-likeness (QED) is 0.622. The maximum Gasteiger partial charge on any atom is 0.319 e. The van der Waals surface area contributed by atoms with Crippen molar-refractivity contribution >= 4 is 11.9 Å². The number of nitrogens with two attached hydrogens (primary N) is 1. The van der Waals surface area contributed by atoms with Gasteiger partial charge in [-0.25, -0.2) is 13.6 Å². The number of primary amides is 1. The van der Waals surface area contributed by atoms with Crippen molar-refractivity contribution in [1.29, 1.82) is 0 Å². The molecule has 0 bridgehead atoms. The van der Waals surface area contributed by atoms with Crippen LogP contribution in [0, 0.1) is 17.5 Å². The number of halogens is 3. The van der Waals surface area contributed by atoms with Crippen LogP contribution < -0.4 is 11.1 Å². The van der Waals surface area contributed by atoms with Gasteiger partial charge in [-0.3, -0.25) is 10.1 Å². The monoisotopic (exact) mass is 234 g/mol. The van der Waals surface area contributed by atoms with Gasteiger partial charge in [-0.15, -0.1) is 0 Å². The van der Waals surface area contributed by atoms with E-state index < -0.39 is 40.7 Å². The summed E-state index contributed by atoms with van der Waals surface area (Å²) in [6.45, 7) is 0. The number of aromatic hydroxyl groups is 1. The Kier molecular flexibility index (Phi) is 3.02. The normalized spacial score (nSPS) is 9.94. The Morgan fingerprint density at radius 3 is 2.31 bits per heavy atom. The summed E-state index contributed by atoms with van der Waals surface area (Å²) in [5.41, 5.74) is 3.53. The molecule has 0 heterocycles. The summed E-state index contributed by atoms with van der Waals surface area (Å²) in [6, 6.07) is -1.10. The number of hydrogen-bond donors (Lipinski definition) is 3. The van der Waals surface area contributed by atoms with Crippen LogP contribution in [-0.2, 0) is 0 Å². The lowest BCUT2D eigenvalue weighted by atomic mass is 10.1. The number of phenolic OH excluding ortho intramolecular Hbond substituents is 1. The van der Waals surface area contributed by atoms with E-state index in [9.17, 15) is 22.8 Å². The van der Waals surface area contributed by atoms with E-state index >= 15 is 0 Å². The third-order valence-corrected chi connectivity index (χ3v) is 1.61. The molecule has 1 rings (SSSR count). The van der Waals surface area contributed by atoms with E-state index in [1.807, 2.05) is 0 Å². The van der Waals surface area contributed by atoms with Crippen LogP contribution >= 0.6 is 0 Å². The number of benzene rings is 1. The van der Waals surface area contributed by atoms with Crippen molar-refractivity contribution in [2.24, 2.45) is 5.73 Å². The van der Waals surface area contributed by atoms with E-state index in [-0.39, 0.29) is 6.07 Å². The summed E-state index contributed by atoms with van der Waals surface area (Å²) < 4.78 is 38.4. The van der Waals surface area contributed by atoms with Crippen LogP contribution in [-0.4, -0.2) is 17.0 Å². The number of rotatable bonds is 1. The number of nitrogens with one attached hydrogen (secondary N) is 1. The SMILES string of the molecule is NC(=O)NC(=O)c1cc(F)c(F)c(O)c1F. The molecule has 0 aliphatic heterocycles. The third kappa shape index (κ3) is 2.05. The summed E-state index contributed by atoms with van der Waals surface area (Å²) in [4.78, 5) is 21.3. The molecule has 1 aromatic rings. The Hall–Kier alpha value is -2.25. The van der Waals surface area contributed by atoms with Crippen LogP contribution in [0.25, 0.3) is 0 Å². The summed E-state index contributed by atoms with van der Waals surface area (Å²) in [6.07, 6.45) is 0. The number of phenols is 1. The highest BCUT2D eigenvalue weighted by atomic mass is 19.2.